The lowest BCUT2D eigenvalue weighted by atomic mass is 10.0. The number of nitrogens with one attached hydrogen (secondary N) is 1. The van der Waals surface area contributed by atoms with E-state index in [1.807, 2.05) is 0 Å². The van der Waals surface area contributed by atoms with Crippen LogP contribution in [0, 0.1) is 0 Å². The largest absolute Gasteiger partial charge is 0.444 e. The van der Waals surface area contributed by atoms with Crippen LogP contribution >= 0.6 is 0 Å². The minimum absolute atomic E-state index is 0.454. The third-order valence-electron chi connectivity index (χ3n) is 2.78. The average Bonchev–Trinajstić information content (AvgIpc) is 2.44. The predicted molar refractivity (Wildman–Crippen MR) is 65.5 cm³/mol. The summed E-state index contributed by atoms with van der Waals surface area (Å²) in [5.41, 5.74) is -1.69. The number of hydrogen-bond donors (Lipinski definition) is 1. The van der Waals surface area contributed by atoms with Gasteiger partial charge in [-0.15, -0.1) is 3.89 Å². The first kappa shape index (κ1) is 15.2. The lowest BCUT2D eigenvalue weighted by molar-refractivity contribution is 0.0468. The van der Waals surface area contributed by atoms with E-state index in [2.05, 4.69) is 5.32 Å². The molecule has 0 atom stereocenters. The van der Waals surface area contributed by atoms with E-state index >= 15 is 0 Å². The maximum Gasteiger partial charge on any atom is 0.408 e. The Bertz CT molecular complexity index is 407. The minimum Gasteiger partial charge on any atom is -0.444 e. The summed E-state index contributed by atoms with van der Waals surface area (Å²) in [5.74, 6) is -0.681. The van der Waals surface area contributed by atoms with Gasteiger partial charge in [0.25, 0.3) is 0 Å². The van der Waals surface area contributed by atoms with Crippen LogP contribution in [-0.2, 0) is 15.0 Å². The second kappa shape index (κ2) is 5.03. The zero-order valence-electron chi connectivity index (χ0n) is 11.0. The monoisotopic (exact) mass is 281 g/mol. The van der Waals surface area contributed by atoms with Crippen LogP contribution in [0.3, 0.4) is 0 Å². The van der Waals surface area contributed by atoms with Crippen LogP contribution in [-0.4, -0.2) is 31.4 Å². The van der Waals surface area contributed by atoms with Crippen molar-refractivity contribution >= 4 is 16.3 Å². The van der Waals surface area contributed by atoms with Crippen molar-refractivity contribution in [1.29, 1.82) is 0 Å². The van der Waals surface area contributed by atoms with Crippen molar-refractivity contribution in [2.75, 3.05) is 5.75 Å². The molecule has 1 aliphatic rings. The smallest absolute Gasteiger partial charge is 0.408 e. The van der Waals surface area contributed by atoms with E-state index in [-0.39, 0.29) is 0 Å². The fourth-order valence-corrected chi connectivity index (χ4v) is 3.23. The number of rotatable bonds is 3. The molecule has 1 rings (SSSR count). The van der Waals surface area contributed by atoms with E-state index in [0.717, 1.165) is 12.8 Å². The summed E-state index contributed by atoms with van der Waals surface area (Å²) >= 11 is 0. The highest BCUT2D eigenvalue weighted by molar-refractivity contribution is 7.86. The molecule has 0 aromatic carbocycles. The Kier molecular flexibility index (Phi) is 4.25. The molecule has 0 aliphatic heterocycles. The molecule has 1 fully saturated rings. The average molecular weight is 281 g/mol. The van der Waals surface area contributed by atoms with Crippen LogP contribution in [0.25, 0.3) is 0 Å². The van der Waals surface area contributed by atoms with Crippen LogP contribution in [0.4, 0.5) is 8.68 Å². The number of carbonyl (C=O) groups excluding carboxylic acids is 1. The molecule has 18 heavy (non-hydrogen) atoms. The second-order valence-corrected chi connectivity index (χ2v) is 7.16. The predicted octanol–water partition coefficient (Wildman–Crippen LogP) is 2.12. The first-order chi connectivity index (χ1) is 8.02. The first-order valence-electron chi connectivity index (χ1n) is 5.95. The van der Waals surface area contributed by atoms with Crippen LogP contribution in [0.5, 0.6) is 0 Å². The minimum atomic E-state index is -4.63. The van der Waals surface area contributed by atoms with Gasteiger partial charge in [0.1, 0.15) is 11.4 Å². The highest BCUT2D eigenvalue weighted by atomic mass is 32.3. The van der Waals surface area contributed by atoms with Gasteiger partial charge < -0.3 is 10.1 Å². The Labute approximate surface area is 107 Å². The molecule has 1 N–H and O–H groups in total. The molecular weight excluding hydrogens is 261 g/mol. The van der Waals surface area contributed by atoms with Gasteiger partial charge in [-0.3, -0.25) is 0 Å². The Morgan fingerprint density at radius 3 is 2.22 bits per heavy atom. The highest BCUT2D eigenvalue weighted by Gasteiger charge is 2.40. The van der Waals surface area contributed by atoms with Crippen LogP contribution in [0.1, 0.15) is 46.5 Å². The van der Waals surface area contributed by atoms with E-state index in [0.29, 0.717) is 12.8 Å². The van der Waals surface area contributed by atoms with Crippen molar-refractivity contribution in [2.24, 2.45) is 0 Å². The van der Waals surface area contributed by atoms with Gasteiger partial charge in [-0.05, 0) is 33.6 Å². The Morgan fingerprint density at radius 2 is 1.83 bits per heavy atom. The van der Waals surface area contributed by atoms with E-state index in [4.69, 9.17) is 4.74 Å². The van der Waals surface area contributed by atoms with Crippen LogP contribution in [0.15, 0.2) is 0 Å². The van der Waals surface area contributed by atoms with Gasteiger partial charge in [0.2, 0.25) is 0 Å². The number of hydrogen-bond acceptors (Lipinski definition) is 4. The van der Waals surface area contributed by atoms with Gasteiger partial charge in [0.15, 0.2) is 0 Å². The molecular formula is C11H20FNO4S. The van der Waals surface area contributed by atoms with Crippen molar-refractivity contribution in [3.63, 3.8) is 0 Å². The summed E-state index contributed by atoms with van der Waals surface area (Å²) in [6.07, 6.45) is 1.74. The number of alkyl carbamates (subject to hydrolysis) is 1. The summed E-state index contributed by atoms with van der Waals surface area (Å²) in [6.45, 7) is 5.12. The fourth-order valence-electron chi connectivity index (χ4n) is 2.21. The van der Waals surface area contributed by atoms with E-state index in [1.165, 1.54) is 0 Å². The van der Waals surface area contributed by atoms with Gasteiger partial charge >= 0.3 is 16.3 Å². The lowest BCUT2D eigenvalue weighted by Gasteiger charge is -2.30. The Morgan fingerprint density at radius 1 is 1.33 bits per heavy atom. The molecule has 0 aromatic rings. The summed E-state index contributed by atoms with van der Waals surface area (Å²) in [7, 11) is -4.63. The third-order valence-corrected chi connectivity index (χ3v) is 3.67. The molecule has 0 aromatic heterocycles. The molecule has 1 aliphatic carbocycles. The number of ether oxygens (including phenoxy) is 1. The zero-order valence-corrected chi connectivity index (χ0v) is 11.8. The van der Waals surface area contributed by atoms with Gasteiger partial charge in [0, 0.05) is 0 Å². The van der Waals surface area contributed by atoms with Crippen molar-refractivity contribution < 1.29 is 21.8 Å². The molecule has 1 amide bonds. The van der Waals surface area contributed by atoms with Crippen molar-refractivity contribution in [2.45, 2.75) is 57.6 Å². The fraction of sp³-hybridized carbons (Fsp3) is 0.909. The van der Waals surface area contributed by atoms with Gasteiger partial charge in [-0.2, -0.15) is 8.42 Å². The molecule has 0 heterocycles. The SMILES string of the molecule is CC(C)(C)OC(=O)NC1(CS(=O)(=O)F)CCCC1. The maximum absolute atomic E-state index is 12.9. The topological polar surface area (TPSA) is 72.5 Å². The third kappa shape index (κ3) is 5.20. The highest BCUT2D eigenvalue weighted by Crippen LogP contribution is 2.31. The summed E-state index contributed by atoms with van der Waals surface area (Å²) < 4.78 is 39.5. The second-order valence-electron chi connectivity index (χ2n) is 5.80. The molecule has 0 spiro atoms. The number of carbonyl (C=O) groups is 1. The molecule has 1 saturated carbocycles. The maximum atomic E-state index is 12.9. The summed E-state index contributed by atoms with van der Waals surface area (Å²) in [6, 6.07) is 0. The quantitative estimate of drug-likeness (QED) is 0.804. The van der Waals surface area contributed by atoms with E-state index in [9.17, 15) is 17.1 Å². The van der Waals surface area contributed by atoms with Gasteiger partial charge in [0.05, 0.1) is 5.54 Å². The van der Waals surface area contributed by atoms with Crippen molar-refractivity contribution in [3.8, 4) is 0 Å². The normalized spacial score (nSPS) is 19.6. The number of amides is 1. The summed E-state index contributed by atoms with van der Waals surface area (Å²) in [5, 5.41) is 2.53. The number of halogens is 1. The van der Waals surface area contributed by atoms with Crippen LogP contribution in [0.2, 0.25) is 0 Å². The van der Waals surface area contributed by atoms with Crippen molar-refractivity contribution in [1.82, 2.24) is 5.32 Å². The first-order valence-corrected chi connectivity index (χ1v) is 7.50. The van der Waals surface area contributed by atoms with E-state index in [1.54, 1.807) is 20.8 Å². The standard InChI is InChI=1S/C11H20FNO4S/c1-10(2,3)17-9(14)13-11(6-4-5-7-11)8-18(12,15)16/h4-8H2,1-3H3,(H,13,14). The summed E-state index contributed by atoms with van der Waals surface area (Å²) in [4.78, 5) is 11.7. The molecule has 0 bridgehead atoms. The Hall–Kier alpha value is -0.850. The van der Waals surface area contributed by atoms with Crippen molar-refractivity contribution in [3.05, 3.63) is 0 Å². The van der Waals surface area contributed by atoms with Crippen LogP contribution < -0.4 is 5.32 Å². The molecule has 7 heteroatoms. The molecule has 106 valence electrons. The molecule has 0 unspecified atom stereocenters. The molecule has 5 nitrogen and oxygen atoms in total. The molecule has 0 radical (unpaired) electrons. The molecule has 0 saturated heterocycles. The Balaban J connectivity index is 2.72. The lowest BCUT2D eigenvalue weighted by Crippen LogP contribution is -2.51. The van der Waals surface area contributed by atoms with Gasteiger partial charge in [-0.1, -0.05) is 12.8 Å². The van der Waals surface area contributed by atoms with Gasteiger partial charge in [-0.25, -0.2) is 4.79 Å². The zero-order chi connectivity index (χ0) is 14.0. The van der Waals surface area contributed by atoms with E-state index < -0.39 is 33.2 Å².